The first-order valence-electron chi connectivity index (χ1n) is 6.81. The predicted octanol–water partition coefficient (Wildman–Crippen LogP) is 2.21. The highest BCUT2D eigenvalue weighted by atomic mass is 16.5. The van der Waals surface area contributed by atoms with Crippen LogP contribution in [0.15, 0.2) is 48.8 Å². The van der Waals surface area contributed by atoms with Gasteiger partial charge in [0.15, 0.2) is 0 Å². The lowest BCUT2D eigenvalue weighted by atomic mass is 10.2. The van der Waals surface area contributed by atoms with Crippen molar-refractivity contribution in [2.24, 2.45) is 0 Å². The minimum atomic E-state index is 0.0211. The van der Waals surface area contributed by atoms with Gasteiger partial charge in [-0.25, -0.2) is 0 Å². The van der Waals surface area contributed by atoms with Crippen molar-refractivity contribution in [1.29, 1.82) is 0 Å². The molecule has 110 valence electrons. The Morgan fingerprint density at radius 2 is 1.86 bits per heavy atom. The van der Waals surface area contributed by atoms with Gasteiger partial charge < -0.3 is 15.4 Å². The number of nitrogens with zero attached hydrogens (tertiary/aromatic N) is 1. The molecule has 0 spiro atoms. The second-order valence-corrected chi connectivity index (χ2v) is 4.54. The molecule has 0 saturated carbocycles. The fraction of sp³-hybridized carbons (Fsp3) is 0.250. The van der Waals surface area contributed by atoms with Crippen molar-refractivity contribution in [3.8, 4) is 5.75 Å². The lowest BCUT2D eigenvalue weighted by Gasteiger charge is -2.08. The minimum Gasteiger partial charge on any atom is -0.497 e. The molecule has 0 unspecified atom stereocenters. The van der Waals surface area contributed by atoms with E-state index in [9.17, 15) is 4.79 Å². The van der Waals surface area contributed by atoms with Crippen LogP contribution in [0.4, 0.5) is 5.69 Å². The van der Waals surface area contributed by atoms with Gasteiger partial charge in [0.25, 0.3) is 0 Å². The van der Waals surface area contributed by atoms with Gasteiger partial charge in [0, 0.05) is 37.6 Å². The molecule has 1 aromatic heterocycles. The Labute approximate surface area is 124 Å². The number of carbonyl (C=O) groups is 1. The largest absolute Gasteiger partial charge is 0.497 e. The number of aromatic nitrogens is 1. The molecule has 2 rings (SSSR count). The molecule has 2 N–H and O–H groups in total. The van der Waals surface area contributed by atoms with Crippen molar-refractivity contribution in [3.63, 3.8) is 0 Å². The van der Waals surface area contributed by atoms with Crippen molar-refractivity contribution in [2.75, 3.05) is 19.0 Å². The van der Waals surface area contributed by atoms with E-state index in [-0.39, 0.29) is 5.91 Å². The number of ether oxygens (including phenoxy) is 1. The van der Waals surface area contributed by atoms with Crippen LogP contribution in [-0.2, 0) is 11.3 Å². The Balaban J connectivity index is 1.66. The second kappa shape index (κ2) is 7.89. The Morgan fingerprint density at radius 1 is 1.14 bits per heavy atom. The van der Waals surface area contributed by atoms with E-state index in [1.165, 1.54) is 0 Å². The lowest BCUT2D eigenvalue weighted by molar-refractivity contribution is -0.121. The van der Waals surface area contributed by atoms with Crippen LogP contribution in [0.2, 0.25) is 0 Å². The van der Waals surface area contributed by atoms with Gasteiger partial charge in [0.05, 0.1) is 7.11 Å². The third kappa shape index (κ3) is 5.14. The van der Waals surface area contributed by atoms with E-state index in [0.717, 1.165) is 17.0 Å². The Bertz CT molecular complexity index is 555. The quantitative estimate of drug-likeness (QED) is 0.818. The zero-order valence-corrected chi connectivity index (χ0v) is 12.0. The maximum absolute atomic E-state index is 11.7. The topological polar surface area (TPSA) is 63.2 Å². The minimum absolute atomic E-state index is 0.0211. The summed E-state index contributed by atoms with van der Waals surface area (Å²) in [5.74, 6) is 0.837. The van der Waals surface area contributed by atoms with Gasteiger partial charge in [-0.2, -0.15) is 0 Å². The van der Waals surface area contributed by atoms with Crippen LogP contribution in [0, 0.1) is 0 Å². The average Bonchev–Trinajstić information content (AvgIpc) is 2.54. The van der Waals surface area contributed by atoms with Crippen molar-refractivity contribution in [1.82, 2.24) is 10.3 Å². The summed E-state index contributed by atoms with van der Waals surface area (Å²) < 4.78 is 5.09. The van der Waals surface area contributed by atoms with Gasteiger partial charge in [-0.3, -0.25) is 9.78 Å². The van der Waals surface area contributed by atoms with E-state index in [4.69, 9.17) is 4.74 Å². The number of rotatable bonds is 7. The molecule has 0 bridgehead atoms. The maximum Gasteiger partial charge on any atom is 0.222 e. The summed E-state index contributed by atoms with van der Waals surface area (Å²) in [7, 11) is 1.63. The van der Waals surface area contributed by atoms with Gasteiger partial charge in [-0.15, -0.1) is 0 Å². The SMILES string of the molecule is COc1ccc(NCCC(=O)NCc2ccncc2)cc1. The van der Waals surface area contributed by atoms with Crippen molar-refractivity contribution in [2.45, 2.75) is 13.0 Å². The first-order valence-corrected chi connectivity index (χ1v) is 6.81. The summed E-state index contributed by atoms with van der Waals surface area (Å²) in [5.41, 5.74) is 2.01. The van der Waals surface area contributed by atoms with E-state index in [1.807, 2.05) is 36.4 Å². The van der Waals surface area contributed by atoms with Crippen molar-refractivity contribution < 1.29 is 9.53 Å². The summed E-state index contributed by atoms with van der Waals surface area (Å²) in [6, 6.07) is 11.4. The van der Waals surface area contributed by atoms with Crippen molar-refractivity contribution in [3.05, 3.63) is 54.4 Å². The highest BCUT2D eigenvalue weighted by Crippen LogP contribution is 2.14. The van der Waals surface area contributed by atoms with E-state index in [2.05, 4.69) is 15.6 Å². The number of benzene rings is 1. The summed E-state index contributed by atoms with van der Waals surface area (Å²) in [6.45, 7) is 1.12. The van der Waals surface area contributed by atoms with Crippen LogP contribution in [0.1, 0.15) is 12.0 Å². The molecule has 1 aromatic carbocycles. The first kappa shape index (κ1) is 14.8. The van der Waals surface area contributed by atoms with Gasteiger partial charge in [-0.05, 0) is 42.0 Å². The number of methoxy groups -OCH3 is 1. The van der Waals surface area contributed by atoms with Gasteiger partial charge in [-0.1, -0.05) is 0 Å². The standard InChI is InChI=1S/C16H19N3O2/c1-21-15-4-2-14(3-5-15)18-11-8-16(20)19-12-13-6-9-17-10-7-13/h2-7,9-10,18H,8,11-12H2,1H3,(H,19,20). The molecule has 0 fully saturated rings. The fourth-order valence-electron chi connectivity index (χ4n) is 1.82. The van der Waals surface area contributed by atoms with Crippen LogP contribution in [0.3, 0.4) is 0 Å². The van der Waals surface area contributed by atoms with Gasteiger partial charge in [0.1, 0.15) is 5.75 Å². The molecule has 21 heavy (non-hydrogen) atoms. The normalized spacial score (nSPS) is 9.95. The smallest absolute Gasteiger partial charge is 0.222 e. The summed E-state index contributed by atoms with van der Waals surface area (Å²) in [5, 5.41) is 6.08. The Kier molecular flexibility index (Phi) is 5.58. The van der Waals surface area contributed by atoms with E-state index >= 15 is 0 Å². The molecule has 2 aromatic rings. The number of pyridine rings is 1. The van der Waals surface area contributed by atoms with Crippen LogP contribution in [0.5, 0.6) is 5.75 Å². The van der Waals surface area contributed by atoms with Crippen LogP contribution in [0.25, 0.3) is 0 Å². The van der Waals surface area contributed by atoms with Crippen LogP contribution < -0.4 is 15.4 Å². The molecule has 1 heterocycles. The molecular formula is C16H19N3O2. The molecule has 5 heteroatoms. The first-order chi connectivity index (χ1) is 10.3. The molecule has 0 aliphatic heterocycles. The van der Waals surface area contributed by atoms with Gasteiger partial charge in [0.2, 0.25) is 5.91 Å². The molecule has 0 radical (unpaired) electrons. The Morgan fingerprint density at radius 3 is 2.52 bits per heavy atom. The summed E-state index contributed by atoms with van der Waals surface area (Å²) in [4.78, 5) is 15.7. The van der Waals surface area contributed by atoms with E-state index in [0.29, 0.717) is 19.5 Å². The average molecular weight is 285 g/mol. The number of hydrogen-bond donors (Lipinski definition) is 2. The fourth-order valence-corrected chi connectivity index (χ4v) is 1.82. The molecule has 0 aliphatic carbocycles. The third-order valence-corrected chi connectivity index (χ3v) is 3.01. The Hall–Kier alpha value is -2.56. The maximum atomic E-state index is 11.7. The zero-order valence-electron chi connectivity index (χ0n) is 12.0. The number of amides is 1. The zero-order chi connectivity index (χ0) is 14.9. The van der Waals surface area contributed by atoms with E-state index in [1.54, 1.807) is 19.5 Å². The number of nitrogens with one attached hydrogen (secondary N) is 2. The van der Waals surface area contributed by atoms with Crippen molar-refractivity contribution >= 4 is 11.6 Å². The molecular weight excluding hydrogens is 266 g/mol. The summed E-state index contributed by atoms with van der Waals surface area (Å²) in [6.07, 6.45) is 3.86. The highest BCUT2D eigenvalue weighted by molar-refractivity contribution is 5.76. The predicted molar refractivity (Wildman–Crippen MR) is 82.2 cm³/mol. The monoisotopic (exact) mass is 285 g/mol. The number of anilines is 1. The number of hydrogen-bond acceptors (Lipinski definition) is 4. The van der Waals surface area contributed by atoms with Crippen LogP contribution in [-0.4, -0.2) is 24.5 Å². The summed E-state index contributed by atoms with van der Waals surface area (Å²) >= 11 is 0. The number of carbonyl (C=O) groups excluding carboxylic acids is 1. The molecule has 0 atom stereocenters. The second-order valence-electron chi connectivity index (χ2n) is 4.54. The highest BCUT2D eigenvalue weighted by Gasteiger charge is 2.01. The lowest BCUT2D eigenvalue weighted by Crippen LogP contribution is -2.24. The third-order valence-electron chi connectivity index (χ3n) is 3.01. The molecule has 0 aliphatic rings. The molecule has 1 amide bonds. The molecule has 0 saturated heterocycles. The van der Waals surface area contributed by atoms with Gasteiger partial charge >= 0.3 is 0 Å². The van der Waals surface area contributed by atoms with E-state index < -0.39 is 0 Å². The molecule has 5 nitrogen and oxygen atoms in total. The van der Waals surface area contributed by atoms with Crippen LogP contribution >= 0.6 is 0 Å².